The summed E-state index contributed by atoms with van der Waals surface area (Å²) in [6.07, 6.45) is 0. The van der Waals surface area contributed by atoms with Gasteiger partial charge in [-0.25, -0.2) is 13.1 Å². The molecule has 0 aliphatic heterocycles. The van der Waals surface area contributed by atoms with Gasteiger partial charge in [0.1, 0.15) is 5.69 Å². The van der Waals surface area contributed by atoms with Gasteiger partial charge in [0.15, 0.2) is 0 Å². The van der Waals surface area contributed by atoms with Crippen LogP contribution in [0.15, 0.2) is 23.1 Å². The van der Waals surface area contributed by atoms with E-state index < -0.39 is 14.9 Å². The maximum Gasteiger partial charge on any atom is 0.293 e. The summed E-state index contributed by atoms with van der Waals surface area (Å²) in [7, 11) is -2.44. The summed E-state index contributed by atoms with van der Waals surface area (Å²) in [4.78, 5) is 10.4. The third kappa shape index (κ3) is 3.67. The molecule has 2 N–H and O–H groups in total. The normalized spacial score (nSPS) is 13.2. The van der Waals surface area contributed by atoms with Crippen molar-refractivity contribution in [3.63, 3.8) is 0 Å². The molecule has 0 radical (unpaired) electrons. The molecular weight excluding hydrogens is 282 g/mol. The fourth-order valence-corrected chi connectivity index (χ4v) is 2.23. The van der Waals surface area contributed by atoms with E-state index >= 15 is 0 Å². The molecule has 0 spiro atoms. The first kappa shape index (κ1) is 16.4. The zero-order chi connectivity index (χ0) is 15.5. The van der Waals surface area contributed by atoms with Gasteiger partial charge in [-0.2, -0.15) is 0 Å². The summed E-state index contributed by atoms with van der Waals surface area (Å²) < 4.78 is 25.5. The minimum atomic E-state index is -3.70. The number of sulfonamides is 1. The van der Waals surface area contributed by atoms with Gasteiger partial charge in [-0.05, 0) is 32.0 Å². The highest BCUT2D eigenvalue weighted by atomic mass is 32.2. The molecule has 0 amide bonds. The average molecular weight is 301 g/mol. The molecule has 20 heavy (non-hydrogen) atoms. The Morgan fingerprint density at radius 2 is 1.85 bits per heavy atom. The summed E-state index contributed by atoms with van der Waals surface area (Å²) in [5, 5.41) is 14.1. The summed E-state index contributed by atoms with van der Waals surface area (Å²) in [5.41, 5.74) is 0.0556. The average Bonchev–Trinajstić information content (AvgIpc) is 2.38. The number of benzene rings is 1. The van der Waals surface area contributed by atoms with Crippen LogP contribution >= 0.6 is 0 Å². The Kier molecular flexibility index (Phi) is 5.07. The molecule has 112 valence electrons. The van der Waals surface area contributed by atoms with Crippen LogP contribution in [-0.4, -0.2) is 26.4 Å². The van der Waals surface area contributed by atoms with Crippen molar-refractivity contribution in [2.75, 3.05) is 12.4 Å². The molecular formula is C12H19N3O4S. The van der Waals surface area contributed by atoms with Crippen molar-refractivity contribution in [2.24, 2.45) is 5.92 Å². The largest absolute Gasteiger partial charge is 0.377 e. The van der Waals surface area contributed by atoms with Crippen LogP contribution in [0.4, 0.5) is 11.4 Å². The Morgan fingerprint density at radius 3 is 2.30 bits per heavy atom. The van der Waals surface area contributed by atoms with Crippen LogP contribution in [0.25, 0.3) is 0 Å². The molecule has 0 aliphatic carbocycles. The maximum atomic E-state index is 11.7. The van der Waals surface area contributed by atoms with Crippen LogP contribution in [0.5, 0.6) is 0 Å². The quantitative estimate of drug-likeness (QED) is 0.618. The number of nitrogens with zero attached hydrogens (tertiary/aromatic N) is 1. The van der Waals surface area contributed by atoms with Gasteiger partial charge in [-0.1, -0.05) is 13.8 Å². The molecule has 1 unspecified atom stereocenters. The smallest absolute Gasteiger partial charge is 0.293 e. The Bertz CT molecular complexity index is 599. The molecule has 0 fully saturated rings. The molecule has 1 atom stereocenters. The van der Waals surface area contributed by atoms with E-state index in [1.54, 1.807) is 0 Å². The third-order valence-corrected chi connectivity index (χ3v) is 4.54. The van der Waals surface area contributed by atoms with Gasteiger partial charge in [0.2, 0.25) is 10.0 Å². The van der Waals surface area contributed by atoms with E-state index in [-0.39, 0.29) is 22.5 Å². The highest BCUT2D eigenvalue weighted by Crippen LogP contribution is 2.28. The minimum absolute atomic E-state index is 0.0282. The predicted molar refractivity (Wildman–Crippen MR) is 77.3 cm³/mol. The van der Waals surface area contributed by atoms with Crippen LogP contribution in [0, 0.1) is 16.0 Å². The number of nitro groups is 1. The van der Waals surface area contributed by atoms with Gasteiger partial charge in [-0.3, -0.25) is 10.1 Å². The van der Waals surface area contributed by atoms with Crippen molar-refractivity contribution in [1.29, 1.82) is 0 Å². The highest BCUT2D eigenvalue weighted by Gasteiger charge is 2.21. The number of rotatable bonds is 6. The third-order valence-electron chi connectivity index (χ3n) is 3.13. The minimum Gasteiger partial charge on any atom is -0.377 e. The lowest BCUT2D eigenvalue weighted by atomic mass is 10.1. The number of nitrogens with one attached hydrogen (secondary N) is 2. The van der Waals surface area contributed by atoms with Crippen LogP contribution in [0.3, 0.4) is 0 Å². The molecule has 0 bridgehead atoms. The van der Waals surface area contributed by atoms with Crippen LogP contribution in [0.2, 0.25) is 0 Å². The van der Waals surface area contributed by atoms with E-state index in [9.17, 15) is 18.5 Å². The van der Waals surface area contributed by atoms with Crippen LogP contribution in [0.1, 0.15) is 20.8 Å². The number of nitro benzene ring substituents is 1. The van der Waals surface area contributed by atoms with Crippen molar-refractivity contribution in [3.8, 4) is 0 Å². The monoisotopic (exact) mass is 301 g/mol. The highest BCUT2D eigenvalue weighted by molar-refractivity contribution is 7.89. The molecule has 0 aliphatic rings. The fourth-order valence-electron chi connectivity index (χ4n) is 1.48. The second-order valence-corrected chi connectivity index (χ2v) is 6.71. The topological polar surface area (TPSA) is 101 Å². The molecule has 1 aromatic carbocycles. The zero-order valence-electron chi connectivity index (χ0n) is 11.9. The number of anilines is 1. The molecule has 1 rings (SSSR count). The zero-order valence-corrected chi connectivity index (χ0v) is 12.7. The standard InChI is InChI=1S/C12H19N3O4S/c1-8(2)9(3)14-11-6-5-10(20(18,19)13-4)7-12(11)15(16)17/h5-9,13-14H,1-4H3. The Balaban J connectivity index is 3.25. The molecule has 0 heterocycles. The van der Waals surface area contributed by atoms with E-state index in [0.29, 0.717) is 5.69 Å². The lowest BCUT2D eigenvalue weighted by Crippen LogP contribution is -2.22. The molecule has 7 nitrogen and oxygen atoms in total. The second kappa shape index (κ2) is 6.19. The van der Waals surface area contributed by atoms with Crippen LogP contribution in [-0.2, 0) is 10.0 Å². The lowest BCUT2D eigenvalue weighted by Gasteiger charge is -2.18. The lowest BCUT2D eigenvalue weighted by molar-refractivity contribution is -0.384. The molecule has 0 saturated heterocycles. The predicted octanol–water partition coefficient (Wildman–Crippen LogP) is 1.96. The van der Waals surface area contributed by atoms with Crippen molar-refractivity contribution in [1.82, 2.24) is 4.72 Å². The van der Waals surface area contributed by atoms with Gasteiger partial charge in [0, 0.05) is 12.1 Å². The van der Waals surface area contributed by atoms with E-state index in [1.165, 1.54) is 19.2 Å². The molecule has 0 aromatic heterocycles. The van der Waals surface area contributed by atoms with Gasteiger partial charge in [-0.15, -0.1) is 0 Å². The first-order valence-electron chi connectivity index (χ1n) is 6.17. The van der Waals surface area contributed by atoms with E-state index in [0.717, 1.165) is 6.07 Å². The maximum absolute atomic E-state index is 11.7. The molecule has 8 heteroatoms. The second-order valence-electron chi connectivity index (χ2n) is 4.82. The van der Waals surface area contributed by atoms with Crippen molar-refractivity contribution in [3.05, 3.63) is 28.3 Å². The van der Waals surface area contributed by atoms with Crippen molar-refractivity contribution in [2.45, 2.75) is 31.7 Å². The summed E-state index contributed by atoms with van der Waals surface area (Å²) in [6, 6.07) is 3.84. The van der Waals surface area contributed by atoms with Crippen LogP contribution < -0.4 is 10.0 Å². The SMILES string of the molecule is CNS(=O)(=O)c1ccc(NC(C)C(C)C)c([N+](=O)[O-])c1. The van der Waals surface area contributed by atoms with E-state index in [4.69, 9.17) is 0 Å². The van der Waals surface area contributed by atoms with Gasteiger partial charge in [0.25, 0.3) is 5.69 Å². The Hall–Kier alpha value is -1.67. The first-order chi connectivity index (χ1) is 9.19. The number of hydrogen-bond donors (Lipinski definition) is 2. The summed E-state index contributed by atoms with van der Waals surface area (Å²) in [5.74, 6) is 0.287. The Labute approximate surface area is 118 Å². The van der Waals surface area contributed by atoms with Gasteiger partial charge >= 0.3 is 0 Å². The fraction of sp³-hybridized carbons (Fsp3) is 0.500. The van der Waals surface area contributed by atoms with E-state index in [1.807, 2.05) is 20.8 Å². The number of hydrogen-bond acceptors (Lipinski definition) is 5. The van der Waals surface area contributed by atoms with Crippen molar-refractivity contribution >= 4 is 21.4 Å². The van der Waals surface area contributed by atoms with Crippen molar-refractivity contribution < 1.29 is 13.3 Å². The molecule has 0 saturated carbocycles. The van der Waals surface area contributed by atoms with E-state index in [2.05, 4.69) is 10.0 Å². The summed E-state index contributed by atoms with van der Waals surface area (Å²) >= 11 is 0. The van der Waals surface area contributed by atoms with Gasteiger partial charge in [0.05, 0.1) is 9.82 Å². The summed E-state index contributed by atoms with van der Waals surface area (Å²) in [6.45, 7) is 5.89. The first-order valence-corrected chi connectivity index (χ1v) is 7.66. The molecule has 1 aromatic rings. The van der Waals surface area contributed by atoms with Gasteiger partial charge < -0.3 is 5.32 Å². The Morgan fingerprint density at radius 1 is 1.25 bits per heavy atom.